The molecule has 1 fully saturated rings. The highest BCUT2D eigenvalue weighted by Crippen LogP contribution is 2.29. The minimum atomic E-state index is -0.613. The first kappa shape index (κ1) is 16.0. The Bertz CT molecular complexity index is 426. The van der Waals surface area contributed by atoms with Crippen LogP contribution in [0.4, 0.5) is 0 Å². The summed E-state index contributed by atoms with van der Waals surface area (Å²) in [6.45, 7) is 4.13. The fraction of sp³-hybridized carbons (Fsp3) is 0.533. The number of nitrogens with one attached hydrogen (secondary N) is 1. The average molecular weight is 283 g/mol. The number of benzene rings is 1. The van der Waals surface area contributed by atoms with Gasteiger partial charge in [0, 0.05) is 0 Å². The summed E-state index contributed by atoms with van der Waals surface area (Å²) < 4.78 is 0. The summed E-state index contributed by atoms with van der Waals surface area (Å²) in [5.74, 6) is -0.0131. The quantitative estimate of drug-likeness (QED) is 0.892. The van der Waals surface area contributed by atoms with Gasteiger partial charge in [-0.2, -0.15) is 0 Å². The van der Waals surface area contributed by atoms with E-state index in [4.69, 9.17) is 5.73 Å². The minimum Gasteiger partial charge on any atom is -0.348 e. The predicted molar refractivity (Wildman–Crippen MR) is 80.4 cm³/mol. The molecule has 0 spiro atoms. The van der Waals surface area contributed by atoms with Crippen LogP contribution in [0.15, 0.2) is 24.3 Å². The second kappa shape index (κ2) is 6.40. The molecule has 0 aliphatic heterocycles. The number of nitrogens with two attached hydrogens (primary N) is 1. The van der Waals surface area contributed by atoms with Gasteiger partial charge in [-0.1, -0.05) is 31.2 Å². The highest BCUT2D eigenvalue weighted by atomic mass is 35.5. The van der Waals surface area contributed by atoms with Gasteiger partial charge in [0.2, 0.25) is 5.91 Å². The third kappa shape index (κ3) is 3.48. The monoisotopic (exact) mass is 282 g/mol. The highest BCUT2D eigenvalue weighted by Gasteiger charge is 2.40. The Labute approximate surface area is 121 Å². The van der Waals surface area contributed by atoms with Gasteiger partial charge >= 0.3 is 0 Å². The smallest absolute Gasteiger partial charge is 0.240 e. The molecule has 3 N–H and O–H groups in total. The molecular formula is C15H23ClN2O. The summed E-state index contributed by atoms with van der Waals surface area (Å²) in [5, 5.41) is 3.01. The lowest BCUT2D eigenvalue weighted by Gasteiger charge is -2.37. The zero-order valence-corrected chi connectivity index (χ0v) is 12.4. The summed E-state index contributed by atoms with van der Waals surface area (Å²) in [6.07, 6.45) is 3.71. The van der Waals surface area contributed by atoms with Gasteiger partial charge in [-0.3, -0.25) is 4.79 Å². The van der Waals surface area contributed by atoms with Crippen LogP contribution in [0.1, 0.15) is 50.3 Å². The topological polar surface area (TPSA) is 55.1 Å². The molecule has 19 heavy (non-hydrogen) atoms. The molecule has 0 heterocycles. The van der Waals surface area contributed by atoms with Crippen LogP contribution < -0.4 is 11.1 Å². The fourth-order valence-electron chi connectivity index (χ4n) is 2.25. The van der Waals surface area contributed by atoms with Crippen LogP contribution in [-0.4, -0.2) is 11.4 Å². The number of halogens is 1. The number of carbonyl (C=O) groups excluding carboxylic acids is 1. The molecule has 2 rings (SSSR count). The maximum atomic E-state index is 12.0. The van der Waals surface area contributed by atoms with Crippen LogP contribution in [0.3, 0.4) is 0 Å². The Morgan fingerprint density at radius 2 is 1.95 bits per heavy atom. The molecule has 0 saturated heterocycles. The molecule has 1 aromatic carbocycles. The summed E-state index contributed by atoms with van der Waals surface area (Å²) in [6, 6.07) is 8.39. The molecule has 0 bridgehead atoms. The van der Waals surface area contributed by atoms with E-state index in [1.807, 2.05) is 6.92 Å². The van der Waals surface area contributed by atoms with Crippen molar-refractivity contribution in [3.63, 3.8) is 0 Å². The molecule has 1 unspecified atom stereocenters. The first-order valence-electron chi connectivity index (χ1n) is 6.74. The minimum absolute atomic E-state index is 0. The van der Waals surface area contributed by atoms with Crippen molar-refractivity contribution in [1.82, 2.24) is 5.32 Å². The van der Waals surface area contributed by atoms with E-state index in [0.29, 0.717) is 0 Å². The van der Waals surface area contributed by atoms with E-state index < -0.39 is 5.54 Å². The molecule has 3 nitrogen and oxygen atoms in total. The van der Waals surface area contributed by atoms with Crippen molar-refractivity contribution in [3.05, 3.63) is 35.4 Å². The van der Waals surface area contributed by atoms with Gasteiger partial charge in [-0.05, 0) is 43.7 Å². The largest absolute Gasteiger partial charge is 0.348 e. The Morgan fingerprint density at radius 1 is 1.37 bits per heavy atom. The molecule has 1 aromatic rings. The predicted octanol–water partition coefficient (Wildman–Crippen LogP) is 2.73. The van der Waals surface area contributed by atoms with E-state index in [1.165, 1.54) is 5.56 Å². The third-order valence-corrected chi connectivity index (χ3v) is 3.93. The summed E-state index contributed by atoms with van der Waals surface area (Å²) >= 11 is 0. The number of hydrogen-bond donors (Lipinski definition) is 2. The van der Waals surface area contributed by atoms with Gasteiger partial charge in [0.1, 0.15) is 0 Å². The van der Waals surface area contributed by atoms with E-state index in [9.17, 15) is 4.79 Å². The van der Waals surface area contributed by atoms with Gasteiger partial charge in [-0.25, -0.2) is 0 Å². The lowest BCUT2D eigenvalue weighted by Crippen LogP contribution is -2.58. The molecule has 4 heteroatoms. The van der Waals surface area contributed by atoms with E-state index in [1.54, 1.807) is 0 Å². The van der Waals surface area contributed by atoms with E-state index >= 15 is 0 Å². The molecule has 106 valence electrons. The average Bonchev–Trinajstić information content (AvgIpc) is 2.35. The van der Waals surface area contributed by atoms with Crippen LogP contribution in [-0.2, 0) is 11.2 Å². The van der Waals surface area contributed by atoms with Crippen molar-refractivity contribution >= 4 is 18.3 Å². The molecule has 1 amide bonds. The Kier molecular flexibility index (Phi) is 5.39. The molecule has 1 aliphatic rings. The zero-order chi connectivity index (χ0) is 13.2. The SMILES string of the molecule is CCc1ccc(C(C)NC(=O)C2(N)CCC2)cc1.Cl. The van der Waals surface area contributed by atoms with Gasteiger partial charge in [-0.15, -0.1) is 12.4 Å². The fourth-order valence-corrected chi connectivity index (χ4v) is 2.25. The molecule has 1 saturated carbocycles. The Hall–Kier alpha value is -1.06. The molecule has 1 atom stereocenters. The first-order valence-corrected chi connectivity index (χ1v) is 6.74. The van der Waals surface area contributed by atoms with Crippen LogP contribution in [0.2, 0.25) is 0 Å². The summed E-state index contributed by atoms with van der Waals surface area (Å²) in [5.41, 5.74) is 7.83. The lowest BCUT2D eigenvalue weighted by molar-refractivity contribution is -0.129. The van der Waals surface area contributed by atoms with Crippen LogP contribution in [0, 0.1) is 0 Å². The number of amides is 1. The van der Waals surface area contributed by atoms with E-state index in [0.717, 1.165) is 31.2 Å². The van der Waals surface area contributed by atoms with Crippen molar-refractivity contribution in [2.45, 2.75) is 51.1 Å². The Balaban J connectivity index is 0.00000180. The number of hydrogen-bond acceptors (Lipinski definition) is 2. The second-order valence-electron chi connectivity index (χ2n) is 5.30. The maximum Gasteiger partial charge on any atom is 0.240 e. The van der Waals surface area contributed by atoms with Crippen molar-refractivity contribution in [3.8, 4) is 0 Å². The zero-order valence-electron chi connectivity index (χ0n) is 11.6. The van der Waals surface area contributed by atoms with Gasteiger partial charge in [0.25, 0.3) is 0 Å². The van der Waals surface area contributed by atoms with Crippen LogP contribution in [0.5, 0.6) is 0 Å². The van der Waals surface area contributed by atoms with E-state index in [-0.39, 0.29) is 24.4 Å². The second-order valence-corrected chi connectivity index (χ2v) is 5.30. The highest BCUT2D eigenvalue weighted by molar-refractivity contribution is 5.87. The van der Waals surface area contributed by atoms with Gasteiger partial charge < -0.3 is 11.1 Å². The molecule has 0 aromatic heterocycles. The summed E-state index contributed by atoms with van der Waals surface area (Å²) in [7, 11) is 0. The van der Waals surface area contributed by atoms with E-state index in [2.05, 4.69) is 36.5 Å². The number of aryl methyl sites for hydroxylation is 1. The maximum absolute atomic E-state index is 12.0. The van der Waals surface area contributed by atoms with Crippen LogP contribution >= 0.6 is 12.4 Å². The molecule has 0 radical (unpaired) electrons. The Morgan fingerprint density at radius 3 is 2.37 bits per heavy atom. The van der Waals surface area contributed by atoms with Gasteiger partial charge in [0.15, 0.2) is 0 Å². The summed E-state index contributed by atoms with van der Waals surface area (Å²) in [4.78, 5) is 12.0. The van der Waals surface area contributed by atoms with Crippen molar-refractivity contribution < 1.29 is 4.79 Å². The van der Waals surface area contributed by atoms with Gasteiger partial charge in [0.05, 0.1) is 11.6 Å². The van der Waals surface area contributed by atoms with Crippen molar-refractivity contribution in [1.29, 1.82) is 0 Å². The normalized spacial score (nSPS) is 17.8. The van der Waals surface area contributed by atoms with Crippen LogP contribution in [0.25, 0.3) is 0 Å². The van der Waals surface area contributed by atoms with Crippen molar-refractivity contribution in [2.75, 3.05) is 0 Å². The number of carbonyl (C=O) groups is 1. The lowest BCUT2D eigenvalue weighted by atomic mass is 9.77. The first-order chi connectivity index (χ1) is 8.55. The number of rotatable bonds is 4. The third-order valence-electron chi connectivity index (χ3n) is 3.93. The molecule has 1 aliphatic carbocycles. The van der Waals surface area contributed by atoms with Crippen molar-refractivity contribution in [2.24, 2.45) is 5.73 Å². The molecular weight excluding hydrogens is 260 g/mol. The standard InChI is InChI=1S/C15H22N2O.ClH/c1-3-12-5-7-13(8-6-12)11(2)17-14(18)15(16)9-4-10-15;/h5-8,11H,3-4,9-10,16H2,1-2H3,(H,17,18);1H.